The van der Waals surface area contributed by atoms with Crippen molar-refractivity contribution in [3.05, 3.63) is 46.6 Å². The lowest BCUT2D eigenvalue weighted by Gasteiger charge is -2.06. The van der Waals surface area contributed by atoms with Crippen molar-refractivity contribution < 1.29 is 9.13 Å². The van der Waals surface area contributed by atoms with Crippen LogP contribution in [0, 0.1) is 5.82 Å². The minimum Gasteiger partial charge on any atom is -0.487 e. The van der Waals surface area contributed by atoms with Gasteiger partial charge in [-0.05, 0) is 34.1 Å². The Balaban J connectivity index is 1.99. The van der Waals surface area contributed by atoms with Crippen molar-refractivity contribution in [2.75, 3.05) is 5.43 Å². The molecule has 18 heavy (non-hydrogen) atoms. The summed E-state index contributed by atoms with van der Waals surface area (Å²) in [6, 6.07) is 4.43. The molecule has 0 radical (unpaired) electrons. The Hall–Kier alpha value is -1.73. The van der Waals surface area contributed by atoms with Crippen LogP contribution in [0.4, 0.5) is 10.2 Å². The summed E-state index contributed by atoms with van der Waals surface area (Å²) >= 11 is 3.09. The van der Waals surface area contributed by atoms with Gasteiger partial charge in [-0.2, -0.15) is 0 Å². The monoisotopic (exact) mass is 312 g/mol. The molecule has 0 fully saturated rings. The van der Waals surface area contributed by atoms with Gasteiger partial charge in [0.05, 0.1) is 22.6 Å². The number of rotatable bonds is 4. The fraction of sp³-hybridized carbons (Fsp3) is 0.0909. The van der Waals surface area contributed by atoms with E-state index in [9.17, 15) is 4.39 Å². The topological polar surface area (TPSA) is 73.1 Å². The van der Waals surface area contributed by atoms with Crippen LogP contribution < -0.4 is 16.0 Å². The number of aromatic nitrogens is 2. The first kappa shape index (κ1) is 12.7. The molecule has 0 aliphatic carbocycles. The number of ether oxygens (including phenoxy) is 1. The summed E-state index contributed by atoms with van der Waals surface area (Å²) in [5.41, 5.74) is 3.03. The third-order valence-electron chi connectivity index (χ3n) is 2.13. The summed E-state index contributed by atoms with van der Waals surface area (Å²) in [6.45, 7) is 0.246. The van der Waals surface area contributed by atoms with E-state index < -0.39 is 0 Å². The quantitative estimate of drug-likeness (QED) is 0.669. The number of nitrogens with zero attached hydrogens (tertiary/aromatic N) is 2. The normalized spacial score (nSPS) is 10.2. The number of hydrogen-bond donors (Lipinski definition) is 2. The Labute approximate surface area is 111 Å². The highest BCUT2D eigenvalue weighted by atomic mass is 79.9. The maximum absolute atomic E-state index is 13.0. The van der Waals surface area contributed by atoms with Crippen LogP contribution in [-0.4, -0.2) is 9.97 Å². The second-order valence-electron chi connectivity index (χ2n) is 3.40. The number of nitrogens with one attached hydrogen (secondary N) is 1. The number of hydrazine groups is 1. The molecular weight excluding hydrogens is 303 g/mol. The predicted octanol–water partition coefficient (Wildman–Crippen LogP) is 2.24. The van der Waals surface area contributed by atoms with Gasteiger partial charge >= 0.3 is 0 Å². The molecule has 1 aromatic heterocycles. The highest BCUT2D eigenvalue weighted by Crippen LogP contribution is 2.22. The lowest BCUT2D eigenvalue weighted by molar-refractivity contribution is 0.300. The number of nitrogens with two attached hydrogens (primary N) is 1. The van der Waals surface area contributed by atoms with Crippen molar-refractivity contribution in [2.24, 2.45) is 5.84 Å². The van der Waals surface area contributed by atoms with Crippen molar-refractivity contribution in [1.29, 1.82) is 0 Å². The fourth-order valence-corrected chi connectivity index (χ4v) is 1.59. The molecule has 1 aromatic carbocycles. The van der Waals surface area contributed by atoms with Crippen LogP contribution in [0.25, 0.3) is 0 Å². The summed E-state index contributed by atoms with van der Waals surface area (Å²) in [6.07, 6.45) is 3.05. The second kappa shape index (κ2) is 5.74. The number of anilines is 1. The molecule has 3 N–H and O–H groups in total. The summed E-state index contributed by atoms with van der Waals surface area (Å²) in [5.74, 6) is 5.86. The lowest BCUT2D eigenvalue weighted by atomic mass is 10.3. The van der Waals surface area contributed by atoms with Crippen LogP contribution in [0.1, 0.15) is 5.69 Å². The van der Waals surface area contributed by atoms with Gasteiger partial charge < -0.3 is 10.2 Å². The molecule has 5 nitrogen and oxygen atoms in total. The van der Waals surface area contributed by atoms with Gasteiger partial charge in [0.1, 0.15) is 18.2 Å². The van der Waals surface area contributed by atoms with Gasteiger partial charge in [0.25, 0.3) is 0 Å². The van der Waals surface area contributed by atoms with Crippen molar-refractivity contribution in [1.82, 2.24) is 9.97 Å². The summed E-state index contributed by atoms with van der Waals surface area (Å²) in [5, 5.41) is 0. The molecule has 0 saturated carbocycles. The number of nitrogen functional groups attached to an aromatic ring is 1. The molecule has 0 aliphatic rings. The molecule has 2 rings (SSSR count). The standard InChI is InChI=1S/C11H10BrFN4O/c12-9-3-8(1-2-10(9)13)18-6-7-4-16-11(17-14)5-15-7/h1-5H,6,14H2,(H,16,17). The molecular formula is C11H10BrFN4O. The van der Waals surface area contributed by atoms with E-state index >= 15 is 0 Å². The van der Waals surface area contributed by atoms with E-state index in [-0.39, 0.29) is 12.4 Å². The van der Waals surface area contributed by atoms with Gasteiger partial charge in [-0.15, -0.1) is 0 Å². The Morgan fingerprint density at radius 2 is 2.17 bits per heavy atom. The molecule has 0 saturated heterocycles. The van der Waals surface area contributed by atoms with Crippen molar-refractivity contribution in [3.8, 4) is 5.75 Å². The Morgan fingerprint density at radius 1 is 1.33 bits per heavy atom. The lowest BCUT2D eigenvalue weighted by Crippen LogP contribution is -2.09. The van der Waals surface area contributed by atoms with E-state index in [1.807, 2.05) is 0 Å². The minimum atomic E-state index is -0.333. The molecule has 94 valence electrons. The van der Waals surface area contributed by atoms with Gasteiger partial charge in [0.15, 0.2) is 5.82 Å². The molecule has 0 atom stereocenters. The third kappa shape index (κ3) is 3.14. The second-order valence-corrected chi connectivity index (χ2v) is 4.26. The van der Waals surface area contributed by atoms with Gasteiger partial charge in [0.2, 0.25) is 0 Å². The zero-order chi connectivity index (χ0) is 13.0. The summed E-state index contributed by atoms with van der Waals surface area (Å²) in [4.78, 5) is 8.08. The molecule has 2 aromatic rings. The van der Waals surface area contributed by atoms with Gasteiger partial charge in [0, 0.05) is 0 Å². The van der Waals surface area contributed by atoms with Crippen LogP contribution >= 0.6 is 15.9 Å². The average molecular weight is 313 g/mol. The maximum atomic E-state index is 13.0. The number of benzene rings is 1. The number of halogens is 2. The van der Waals surface area contributed by atoms with Crippen LogP contribution in [-0.2, 0) is 6.61 Å². The van der Waals surface area contributed by atoms with E-state index in [4.69, 9.17) is 10.6 Å². The minimum absolute atomic E-state index is 0.246. The average Bonchev–Trinajstić information content (AvgIpc) is 2.41. The largest absolute Gasteiger partial charge is 0.487 e. The molecule has 0 unspecified atom stereocenters. The molecule has 1 heterocycles. The van der Waals surface area contributed by atoms with Crippen LogP contribution in [0.15, 0.2) is 35.1 Å². The van der Waals surface area contributed by atoms with Crippen LogP contribution in [0.3, 0.4) is 0 Å². The third-order valence-corrected chi connectivity index (χ3v) is 2.74. The first-order valence-electron chi connectivity index (χ1n) is 5.04. The Bertz CT molecular complexity index is 535. The molecule has 7 heteroatoms. The van der Waals surface area contributed by atoms with Crippen molar-refractivity contribution >= 4 is 21.7 Å². The van der Waals surface area contributed by atoms with Gasteiger partial charge in [-0.3, -0.25) is 4.98 Å². The van der Waals surface area contributed by atoms with Gasteiger partial charge in [-0.25, -0.2) is 15.2 Å². The smallest absolute Gasteiger partial charge is 0.158 e. The Kier molecular flexibility index (Phi) is 4.06. The van der Waals surface area contributed by atoms with E-state index in [0.717, 1.165) is 0 Å². The first-order valence-corrected chi connectivity index (χ1v) is 5.83. The zero-order valence-corrected chi connectivity index (χ0v) is 10.8. The SMILES string of the molecule is NNc1cnc(COc2ccc(F)c(Br)c2)cn1. The maximum Gasteiger partial charge on any atom is 0.158 e. The fourth-order valence-electron chi connectivity index (χ4n) is 1.23. The molecule has 0 bridgehead atoms. The summed E-state index contributed by atoms with van der Waals surface area (Å²) in [7, 11) is 0. The molecule has 0 amide bonds. The van der Waals surface area contributed by atoms with E-state index in [0.29, 0.717) is 21.7 Å². The van der Waals surface area contributed by atoms with Crippen molar-refractivity contribution in [2.45, 2.75) is 6.61 Å². The van der Waals surface area contributed by atoms with Crippen molar-refractivity contribution in [3.63, 3.8) is 0 Å². The van der Waals surface area contributed by atoms with E-state index in [2.05, 4.69) is 31.3 Å². The van der Waals surface area contributed by atoms with E-state index in [1.54, 1.807) is 18.3 Å². The van der Waals surface area contributed by atoms with Crippen LogP contribution in [0.2, 0.25) is 0 Å². The Morgan fingerprint density at radius 3 is 2.78 bits per heavy atom. The number of hydrogen-bond acceptors (Lipinski definition) is 5. The highest BCUT2D eigenvalue weighted by Gasteiger charge is 2.02. The van der Waals surface area contributed by atoms with Gasteiger partial charge in [-0.1, -0.05) is 0 Å². The molecule has 0 spiro atoms. The van der Waals surface area contributed by atoms with Crippen LogP contribution in [0.5, 0.6) is 5.75 Å². The first-order chi connectivity index (χ1) is 8.69. The highest BCUT2D eigenvalue weighted by molar-refractivity contribution is 9.10. The summed E-state index contributed by atoms with van der Waals surface area (Å²) < 4.78 is 18.8. The van der Waals surface area contributed by atoms with E-state index in [1.165, 1.54) is 12.3 Å². The molecule has 0 aliphatic heterocycles. The zero-order valence-electron chi connectivity index (χ0n) is 9.23. The predicted molar refractivity (Wildman–Crippen MR) is 68.3 cm³/mol.